The molecule has 0 aliphatic heterocycles. The molecule has 2 aromatic rings. The Morgan fingerprint density at radius 2 is 1.65 bits per heavy atom. The molecule has 0 aliphatic carbocycles. The fourth-order valence-electron chi connectivity index (χ4n) is 2.27. The van der Waals surface area contributed by atoms with Crippen molar-refractivity contribution in [2.75, 3.05) is 13.1 Å². The Morgan fingerprint density at radius 1 is 1.00 bits per heavy atom. The highest BCUT2D eigenvalue weighted by molar-refractivity contribution is 5.28. The van der Waals surface area contributed by atoms with Gasteiger partial charge in [-0.3, -0.25) is 0 Å². The number of nitrogens with one attached hydrogen (secondary N) is 1. The lowest BCUT2D eigenvalue weighted by atomic mass is 9.95. The van der Waals surface area contributed by atoms with Gasteiger partial charge in [0.2, 0.25) is 0 Å². The van der Waals surface area contributed by atoms with Crippen LogP contribution in [0, 0.1) is 6.92 Å². The fourth-order valence-corrected chi connectivity index (χ4v) is 2.27. The van der Waals surface area contributed by atoms with E-state index < -0.39 is 6.10 Å². The van der Waals surface area contributed by atoms with Crippen LogP contribution in [0.2, 0.25) is 0 Å². The first kappa shape index (κ1) is 14.7. The van der Waals surface area contributed by atoms with Crippen LogP contribution in [-0.2, 0) is 0 Å². The molecule has 3 heteroatoms. The minimum absolute atomic E-state index is 0.151. The molecule has 0 unspecified atom stereocenters. The second-order valence-electron chi connectivity index (χ2n) is 4.99. The van der Waals surface area contributed by atoms with Gasteiger partial charge in [-0.1, -0.05) is 60.2 Å². The Balaban J connectivity index is 2.23. The van der Waals surface area contributed by atoms with Crippen molar-refractivity contribution in [2.45, 2.75) is 19.1 Å². The summed E-state index contributed by atoms with van der Waals surface area (Å²) in [5, 5.41) is 14.0. The minimum atomic E-state index is -0.593. The van der Waals surface area contributed by atoms with E-state index >= 15 is 0 Å². The molecule has 4 N–H and O–H groups in total. The number of aliphatic hydroxyl groups excluding tert-OH is 1. The first-order valence-electron chi connectivity index (χ1n) is 6.95. The van der Waals surface area contributed by atoms with Crippen molar-refractivity contribution >= 4 is 0 Å². The van der Waals surface area contributed by atoms with Crippen molar-refractivity contribution in [3.05, 3.63) is 71.3 Å². The molecule has 106 valence electrons. The third-order valence-electron chi connectivity index (χ3n) is 3.40. The van der Waals surface area contributed by atoms with E-state index in [9.17, 15) is 5.11 Å². The minimum Gasteiger partial charge on any atom is -0.386 e. The Bertz CT molecular complexity index is 510. The fraction of sp³-hybridized carbons (Fsp3) is 0.294. The average molecular weight is 270 g/mol. The molecule has 0 heterocycles. The van der Waals surface area contributed by atoms with Crippen LogP contribution >= 0.6 is 0 Å². The van der Waals surface area contributed by atoms with E-state index in [1.807, 2.05) is 61.5 Å². The molecule has 0 aliphatic rings. The van der Waals surface area contributed by atoms with Crippen LogP contribution in [0.25, 0.3) is 0 Å². The zero-order valence-electron chi connectivity index (χ0n) is 11.8. The summed E-state index contributed by atoms with van der Waals surface area (Å²) < 4.78 is 0. The molecule has 3 nitrogen and oxygen atoms in total. The van der Waals surface area contributed by atoms with Crippen LogP contribution in [-0.4, -0.2) is 18.2 Å². The summed E-state index contributed by atoms with van der Waals surface area (Å²) in [5.74, 6) is 0. The topological polar surface area (TPSA) is 58.3 Å². The van der Waals surface area contributed by atoms with E-state index in [1.165, 1.54) is 5.56 Å². The molecule has 0 spiro atoms. The van der Waals surface area contributed by atoms with Crippen LogP contribution < -0.4 is 11.1 Å². The second kappa shape index (κ2) is 7.20. The van der Waals surface area contributed by atoms with Crippen molar-refractivity contribution in [1.82, 2.24) is 5.32 Å². The Hall–Kier alpha value is -1.68. The number of nitrogens with two attached hydrogens (primary N) is 1. The lowest BCUT2D eigenvalue weighted by Gasteiger charge is -2.25. The van der Waals surface area contributed by atoms with E-state index in [2.05, 4.69) is 5.32 Å². The van der Waals surface area contributed by atoms with Gasteiger partial charge in [-0.25, -0.2) is 0 Å². The first-order chi connectivity index (χ1) is 9.72. The third-order valence-corrected chi connectivity index (χ3v) is 3.40. The van der Waals surface area contributed by atoms with E-state index in [-0.39, 0.29) is 6.04 Å². The van der Waals surface area contributed by atoms with E-state index in [1.54, 1.807) is 0 Å². The molecule has 2 aromatic carbocycles. The maximum Gasteiger partial charge on any atom is 0.0984 e. The van der Waals surface area contributed by atoms with Crippen LogP contribution in [0.4, 0.5) is 0 Å². The molecule has 0 amide bonds. The standard InChI is InChI=1S/C17H22N2O/c1-13-7-9-15(10-8-13)17(20)16(19-12-11-18)14-5-3-2-4-6-14/h2-10,16-17,19-20H,11-12,18H2,1H3/t16-,17+/m0/s1. The zero-order valence-corrected chi connectivity index (χ0v) is 11.8. The summed E-state index contributed by atoms with van der Waals surface area (Å²) >= 11 is 0. The predicted molar refractivity (Wildman–Crippen MR) is 82.4 cm³/mol. The van der Waals surface area contributed by atoms with Crippen molar-refractivity contribution in [3.63, 3.8) is 0 Å². The number of benzene rings is 2. The summed E-state index contributed by atoms with van der Waals surface area (Å²) in [7, 11) is 0. The highest BCUT2D eigenvalue weighted by Crippen LogP contribution is 2.28. The number of aliphatic hydroxyl groups is 1. The molecule has 0 radical (unpaired) electrons. The third kappa shape index (κ3) is 3.67. The van der Waals surface area contributed by atoms with Gasteiger partial charge in [-0.2, -0.15) is 0 Å². The highest BCUT2D eigenvalue weighted by Gasteiger charge is 2.21. The van der Waals surface area contributed by atoms with Crippen LogP contribution in [0.15, 0.2) is 54.6 Å². The summed E-state index contributed by atoms with van der Waals surface area (Å²) in [5.41, 5.74) is 8.73. The van der Waals surface area contributed by atoms with E-state index in [4.69, 9.17) is 5.73 Å². The van der Waals surface area contributed by atoms with Gasteiger partial charge in [0, 0.05) is 13.1 Å². The van der Waals surface area contributed by atoms with E-state index in [0.29, 0.717) is 13.1 Å². The Morgan fingerprint density at radius 3 is 2.25 bits per heavy atom. The molecule has 0 bridgehead atoms. The average Bonchev–Trinajstić information content (AvgIpc) is 2.49. The summed E-state index contributed by atoms with van der Waals surface area (Å²) in [4.78, 5) is 0. The molecule has 2 atom stereocenters. The van der Waals surface area contributed by atoms with Gasteiger partial charge >= 0.3 is 0 Å². The molecule has 2 rings (SSSR count). The van der Waals surface area contributed by atoms with Gasteiger partial charge in [0.25, 0.3) is 0 Å². The second-order valence-corrected chi connectivity index (χ2v) is 4.99. The van der Waals surface area contributed by atoms with Crippen LogP contribution in [0.3, 0.4) is 0 Å². The summed E-state index contributed by atoms with van der Waals surface area (Å²) in [6, 6.07) is 17.8. The smallest absolute Gasteiger partial charge is 0.0984 e. The lowest BCUT2D eigenvalue weighted by molar-refractivity contribution is 0.129. The molecule has 0 fully saturated rings. The van der Waals surface area contributed by atoms with Gasteiger partial charge in [-0.05, 0) is 18.1 Å². The van der Waals surface area contributed by atoms with Gasteiger partial charge in [0.1, 0.15) is 0 Å². The maximum absolute atomic E-state index is 10.6. The van der Waals surface area contributed by atoms with Gasteiger partial charge in [0.15, 0.2) is 0 Å². The lowest BCUT2D eigenvalue weighted by Crippen LogP contribution is -2.31. The molecular formula is C17H22N2O. The van der Waals surface area contributed by atoms with Crippen molar-refractivity contribution in [1.29, 1.82) is 0 Å². The first-order valence-corrected chi connectivity index (χ1v) is 6.95. The van der Waals surface area contributed by atoms with Gasteiger partial charge < -0.3 is 16.2 Å². The largest absolute Gasteiger partial charge is 0.386 e. The number of aryl methyl sites for hydroxylation is 1. The van der Waals surface area contributed by atoms with Crippen LogP contribution in [0.5, 0.6) is 0 Å². The molecule has 0 aromatic heterocycles. The SMILES string of the molecule is Cc1ccc([C@@H](O)[C@@H](NCCN)c2ccccc2)cc1. The van der Waals surface area contributed by atoms with Crippen molar-refractivity contribution < 1.29 is 5.11 Å². The predicted octanol–water partition coefficient (Wildman–Crippen LogP) is 2.32. The van der Waals surface area contributed by atoms with Crippen LogP contribution in [0.1, 0.15) is 28.8 Å². The van der Waals surface area contributed by atoms with Crippen molar-refractivity contribution in [2.24, 2.45) is 5.73 Å². The molecule has 20 heavy (non-hydrogen) atoms. The number of hydrogen-bond acceptors (Lipinski definition) is 3. The zero-order chi connectivity index (χ0) is 14.4. The maximum atomic E-state index is 10.6. The molecular weight excluding hydrogens is 248 g/mol. The normalized spacial score (nSPS) is 13.9. The van der Waals surface area contributed by atoms with Crippen molar-refractivity contribution in [3.8, 4) is 0 Å². The summed E-state index contributed by atoms with van der Waals surface area (Å²) in [6.45, 7) is 3.25. The number of rotatable bonds is 6. The molecule has 0 saturated carbocycles. The Kier molecular flexibility index (Phi) is 5.30. The number of hydrogen-bond donors (Lipinski definition) is 3. The van der Waals surface area contributed by atoms with Gasteiger partial charge in [-0.15, -0.1) is 0 Å². The van der Waals surface area contributed by atoms with Gasteiger partial charge in [0.05, 0.1) is 12.1 Å². The monoisotopic (exact) mass is 270 g/mol. The molecule has 0 saturated heterocycles. The quantitative estimate of drug-likeness (QED) is 0.755. The summed E-state index contributed by atoms with van der Waals surface area (Å²) in [6.07, 6.45) is -0.593. The highest BCUT2D eigenvalue weighted by atomic mass is 16.3. The van der Waals surface area contributed by atoms with E-state index in [0.717, 1.165) is 11.1 Å². The Labute approximate surface area is 120 Å².